The number of hydrogen-bond acceptors (Lipinski definition) is 4. The number of imide groups is 1. The Hall–Kier alpha value is -1.20. The third-order valence-electron chi connectivity index (χ3n) is 4.77. The lowest BCUT2D eigenvalue weighted by atomic mass is 10.1. The van der Waals surface area contributed by atoms with E-state index in [0.717, 1.165) is 37.0 Å². The number of amides is 2. The quantitative estimate of drug-likeness (QED) is 0.272. The standard InChI is InChI=1S/C22H41NO4/c1-2-3-4-5-6-7-8-9-10-11-12-13-14-15-16-17-18-23(21(26)19-24)22(27)20-25/h9-10,24-25H,2-8,11-20H2,1H3/b10-9-. The molecule has 0 saturated heterocycles. The van der Waals surface area contributed by atoms with Gasteiger partial charge in [0.1, 0.15) is 13.2 Å². The van der Waals surface area contributed by atoms with E-state index in [-0.39, 0.29) is 6.54 Å². The summed E-state index contributed by atoms with van der Waals surface area (Å²) in [7, 11) is 0. The molecule has 0 aliphatic heterocycles. The van der Waals surface area contributed by atoms with Crippen LogP contribution < -0.4 is 0 Å². The van der Waals surface area contributed by atoms with Crippen LogP contribution in [0.1, 0.15) is 96.8 Å². The molecular weight excluding hydrogens is 342 g/mol. The van der Waals surface area contributed by atoms with Gasteiger partial charge < -0.3 is 10.2 Å². The van der Waals surface area contributed by atoms with Gasteiger partial charge in [-0.1, -0.05) is 76.9 Å². The van der Waals surface area contributed by atoms with E-state index in [0.29, 0.717) is 0 Å². The molecular formula is C22H41NO4. The maximum absolute atomic E-state index is 11.4. The van der Waals surface area contributed by atoms with Crippen LogP contribution in [-0.4, -0.2) is 46.7 Å². The van der Waals surface area contributed by atoms with Gasteiger partial charge in [0.2, 0.25) is 0 Å². The Morgan fingerprint density at radius 2 is 1.07 bits per heavy atom. The summed E-state index contributed by atoms with van der Waals surface area (Å²) in [6.45, 7) is 1.13. The first-order valence-corrected chi connectivity index (χ1v) is 10.9. The Kier molecular flexibility index (Phi) is 18.7. The van der Waals surface area contributed by atoms with Gasteiger partial charge >= 0.3 is 0 Å². The molecule has 158 valence electrons. The van der Waals surface area contributed by atoms with Gasteiger partial charge in [0, 0.05) is 6.54 Å². The number of allylic oxidation sites excluding steroid dienone is 2. The number of carbonyl (C=O) groups excluding carboxylic acids is 2. The third-order valence-corrected chi connectivity index (χ3v) is 4.77. The van der Waals surface area contributed by atoms with E-state index in [4.69, 9.17) is 10.2 Å². The number of hydrogen-bond donors (Lipinski definition) is 2. The Bertz CT molecular complexity index is 380. The van der Waals surface area contributed by atoms with E-state index in [1.54, 1.807) is 0 Å². The van der Waals surface area contributed by atoms with E-state index in [1.807, 2.05) is 0 Å². The van der Waals surface area contributed by atoms with Gasteiger partial charge in [0.05, 0.1) is 0 Å². The molecule has 0 spiro atoms. The molecule has 0 aromatic heterocycles. The van der Waals surface area contributed by atoms with Crippen LogP contribution >= 0.6 is 0 Å². The van der Waals surface area contributed by atoms with Gasteiger partial charge in [-0.2, -0.15) is 0 Å². The summed E-state index contributed by atoms with van der Waals surface area (Å²) in [5.74, 6) is -1.27. The first kappa shape index (κ1) is 25.8. The van der Waals surface area contributed by atoms with Crippen molar-refractivity contribution in [1.82, 2.24) is 4.90 Å². The zero-order valence-corrected chi connectivity index (χ0v) is 17.3. The second-order valence-electron chi connectivity index (χ2n) is 7.19. The van der Waals surface area contributed by atoms with Gasteiger partial charge in [-0.3, -0.25) is 14.5 Å². The van der Waals surface area contributed by atoms with Gasteiger partial charge in [-0.05, 0) is 32.1 Å². The number of carbonyl (C=O) groups is 2. The van der Waals surface area contributed by atoms with Crippen molar-refractivity contribution in [3.05, 3.63) is 12.2 Å². The summed E-state index contributed by atoms with van der Waals surface area (Å²) in [5.41, 5.74) is 0. The van der Waals surface area contributed by atoms with Crippen LogP contribution in [0, 0.1) is 0 Å². The number of unbranched alkanes of at least 4 members (excludes halogenated alkanes) is 12. The molecule has 0 aromatic rings. The van der Waals surface area contributed by atoms with Gasteiger partial charge in [-0.15, -0.1) is 0 Å². The minimum Gasteiger partial charge on any atom is -0.387 e. The fourth-order valence-electron chi connectivity index (χ4n) is 3.08. The van der Waals surface area contributed by atoms with Crippen molar-refractivity contribution in [2.45, 2.75) is 96.8 Å². The maximum atomic E-state index is 11.4. The Morgan fingerprint density at radius 3 is 1.52 bits per heavy atom. The molecule has 0 heterocycles. The number of aliphatic hydroxyl groups is 2. The Morgan fingerprint density at radius 1 is 0.667 bits per heavy atom. The van der Waals surface area contributed by atoms with Crippen molar-refractivity contribution >= 4 is 11.8 Å². The van der Waals surface area contributed by atoms with E-state index in [1.165, 1.54) is 57.8 Å². The van der Waals surface area contributed by atoms with Crippen LogP contribution in [0.15, 0.2) is 12.2 Å². The molecule has 0 aliphatic carbocycles. The smallest absolute Gasteiger partial charge is 0.254 e. The molecule has 0 fully saturated rings. The average molecular weight is 384 g/mol. The molecule has 0 aliphatic rings. The van der Waals surface area contributed by atoms with Gasteiger partial charge in [0.25, 0.3) is 11.8 Å². The first-order valence-electron chi connectivity index (χ1n) is 10.9. The van der Waals surface area contributed by atoms with Gasteiger partial charge in [0.15, 0.2) is 0 Å². The second-order valence-corrected chi connectivity index (χ2v) is 7.19. The minimum atomic E-state index is -0.696. The molecule has 0 rings (SSSR count). The van der Waals surface area contributed by atoms with Crippen molar-refractivity contribution in [2.75, 3.05) is 19.8 Å². The number of nitrogens with zero attached hydrogens (tertiary/aromatic N) is 1. The summed E-state index contributed by atoms with van der Waals surface area (Å²) in [6.07, 6.45) is 21.4. The van der Waals surface area contributed by atoms with E-state index >= 15 is 0 Å². The molecule has 2 amide bonds. The van der Waals surface area contributed by atoms with Crippen molar-refractivity contribution in [2.24, 2.45) is 0 Å². The second kappa shape index (κ2) is 19.6. The highest BCUT2D eigenvalue weighted by Gasteiger charge is 2.18. The molecule has 0 aromatic carbocycles. The van der Waals surface area contributed by atoms with Crippen molar-refractivity contribution in [3.8, 4) is 0 Å². The molecule has 5 heteroatoms. The predicted molar refractivity (Wildman–Crippen MR) is 110 cm³/mol. The van der Waals surface area contributed by atoms with Crippen LogP contribution in [0.2, 0.25) is 0 Å². The largest absolute Gasteiger partial charge is 0.387 e. The van der Waals surface area contributed by atoms with Gasteiger partial charge in [-0.25, -0.2) is 0 Å². The third kappa shape index (κ3) is 15.5. The molecule has 5 nitrogen and oxygen atoms in total. The van der Waals surface area contributed by atoms with Crippen LogP contribution in [0.4, 0.5) is 0 Å². The summed E-state index contributed by atoms with van der Waals surface area (Å²) in [4.78, 5) is 23.8. The fraction of sp³-hybridized carbons (Fsp3) is 0.818. The summed E-state index contributed by atoms with van der Waals surface area (Å²) in [6, 6.07) is 0. The lowest BCUT2D eigenvalue weighted by Gasteiger charge is -2.18. The first-order chi connectivity index (χ1) is 13.2. The lowest BCUT2D eigenvalue weighted by Crippen LogP contribution is -2.41. The minimum absolute atomic E-state index is 0.278. The topological polar surface area (TPSA) is 77.8 Å². The summed E-state index contributed by atoms with van der Waals surface area (Å²) < 4.78 is 0. The van der Waals surface area contributed by atoms with E-state index in [9.17, 15) is 9.59 Å². The number of aliphatic hydroxyl groups excluding tert-OH is 2. The van der Waals surface area contributed by atoms with Crippen LogP contribution in [0.25, 0.3) is 0 Å². The normalized spacial score (nSPS) is 11.2. The average Bonchev–Trinajstić information content (AvgIpc) is 2.69. The Labute approximate surface area is 165 Å². The summed E-state index contributed by atoms with van der Waals surface area (Å²) >= 11 is 0. The van der Waals surface area contributed by atoms with Crippen molar-refractivity contribution in [1.29, 1.82) is 0 Å². The molecule has 0 saturated carbocycles. The fourth-order valence-corrected chi connectivity index (χ4v) is 3.08. The maximum Gasteiger partial charge on any atom is 0.254 e. The summed E-state index contributed by atoms with van der Waals surface area (Å²) in [5, 5.41) is 17.7. The highest BCUT2D eigenvalue weighted by molar-refractivity contribution is 5.96. The SMILES string of the molecule is CCCCCCCC/C=C\CCCCCCCCN(C(=O)CO)C(=O)CO. The predicted octanol–water partition coefficient (Wildman–Crippen LogP) is 4.36. The molecule has 0 atom stereocenters. The molecule has 0 radical (unpaired) electrons. The lowest BCUT2D eigenvalue weighted by molar-refractivity contribution is -0.148. The highest BCUT2D eigenvalue weighted by atomic mass is 16.3. The van der Waals surface area contributed by atoms with Crippen molar-refractivity contribution < 1.29 is 19.8 Å². The van der Waals surface area contributed by atoms with Crippen molar-refractivity contribution in [3.63, 3.8) is 0 Å². The Balaban J connectivity index is 3.47. The zero-order chi connectivity index (χ0) is 20.2. The molecule has 2 N–H and O–H groups in total. The van der Waals surface area contributed by atoms with Crippen LogP contribution in [0.5, 0.6) is 0 Å². The zero-order valence-electron chi connectivity index (χ0n) is 17.3. The van der Waals surface area contributed by atoms with E-state index in [2.05, 4.69) is 19.1 Å². The molecule has 0 bridgehead atoms. The highest BCUT2D eigenvalue weighted by Crippen LogP contribution is 2.10. The monoisotopic (exact) mass is 383 g/mol. The molecule has 27 heavy (non-hydrogen) atoms. The number of rotatable bonds is 18. The van der Waals surface area contributed by atoms with Crippen LogP contribution in [0.3, 0.4) is 0 Å². The van der Waals surface area contributed by atoms with Crippen LogP contribution in [-0.2, 0) is 9.59 Å². The van der Waals surface area contributed by atoms with E-state index < -0.39 is 25.0 Å². The molecule has 0 unspecified atom stereocenters.